The van der Waals surface area contributed by atoms with Crippen molar-refractivity contribution in [1.29, 1.82) is 0 Å². The van der Waals surface area contributed by atoms with E-state index < -0.39 is 5.60 Å². The predicted octanol–water partition coefficient (Wildman–Crippen LogP) is 0.157. The minimum absolute atomic E-state index is 0.237. The molecule has 1 atom stereocenters. The number of fused-ring (bicyclic) bond motifs is 1. The Kier molecular flexibility index (Phi) is 1.66. The minimum atomic E-state index is -0.895. The average Bonchev–Trinajstić information content (AvgIpc) is 2.54. The highest BCUT2D eigenvalue weighted by atomic mass is 16.5. The number of nitrogens with zero attached hydrogens (tertiary/aromatic N) is 1. The molecule has 12 heavy (non-hydrogen) atoms. The lowest BCUT2D eigenvalue weighted by atomic mass is 9.83. The summed E-state index contributed by atoms with van der Waals surface area (Å²) in [4.78, 5) is 0. The topological polar surface area (TPSA) is 72.3 Å². The second kappa shape index (κ2) is 2.57. The molecule has 1 heterocycles. The molecule has 1 aliphatic rings. The van der Waals surface area contributed by atoms with Crippen LogP contribution < -0.4 is 5.73 Å². The van der Waals surface area contributed by atoms with E-state index in [1.165, 1.54) is 0 Å². The molecule has 4 heteroatoms. The maximum absolute atomic E-state index is 10.00. The number of rotatable bonds is 1. The Morgan fingerprint density at radius 1 is 1.75 bits per heavy atom. The third-order valence-corrected chi connectivity index (χ3v) is 2.48. The Bertz CT molecular complexity index is 284. The van der Waals surface area contributed by atoms with Crippen LogP contribution in [0.25, 0.3) is 0 Å². The van der Waals surface area contributed by atoms with Crippen LogP contribution in [0.15, 0.2) is 10.7 Å². The van der Waals surface area contributed by atoms with Crippen LogP contribution >= 0.6 is 0 Å². The van der Waals surface area contributed by atoms with E-state index in [2.05, 4.69) is 5.16 Å². The Morgan fingerprint density at radius 3 is 3.33 bits per heavy atom. The highest BCUT2D eigenvalue weighted by molar-refractivity contribution is 5.25. The van der Waals surface area contributed by atoms with Gasteiger partial charge in [-0.1, -0.05) is 5.16 Å². The van der Waals surface area contributed by atoms with Gasteiger partial charge in [0.25, 0.3) is 0 Å². The fourth-order valence-corrected chi connectivity index (χ4v) is 1.71. The van der Waals surface area contributed by atoms with Gasteiger partial charge in [-0.25, -0.2) is 0 Å². The Morgan fingerprint density at radius 2 is 2.58 bits per heavy atom. The molecule has 3 N–H and O–H groups in total. The molecule has 0 aliphatic heterocycles. The van der Waals surface area contributed by atoms with Gasteiger partial charge in [0.2, 0.25) is 0 Å². The molecule has 0 amide bonds. The predicted molar refractivity (Wildman–Crippen MR) is 42.4 cm³/mol. The summed E-state index contributed by atoms with van der Waals surface area (Å²) in [6.07, 6.45) is 4.05. The van der Waals surface area contributed by atoms with Crippen molar-refractivity contribution in [2.75, 3.05) is 6.54 Å². The highest BCUT2D eigenvalue weighted by Gasteiger charge is 2.35. The standard InChI is InChI=1S/C8H12N2O2/c9-5-8(11)3-1-2-7-6(8)4-10-12-7/h4,11H,1-3,5,9H2. The smallest absolute Gasteiger partial charge is 0.142 e. The first-order valence-corrected chi connectivity index (χ1v) is 4.13. The van der Waals surface area contributed by atoms with Crippen LogP contribution in [0.5, 0.6) is 0 Å². The van der Waals surface area contributed by atoms with Crippen LogP contribution in [0.3, 0.4) is 0 Å². The van der Waals surface area contributed by atoms with Crippen molar-refractivity contribution in [3.05, 3.63) is 17.5 Å². The molecular formula is C8H12N2O2. The van der Waals surface area contributed by atoms with Gasteiger partial charge in [-0.05, 0) is 12.8 Å². The van der Waals surface area contributed by atoms with Crippen LogP contribution in [-0.2, 0) is 12.0 Å². The van der Waals surface area contributed by atoms with Crippen molar-refractivity contribution < 1.29 is 9.63 Å². The Hall–Kier alpha value is -0.870. The zero-order valence-electron chi connectivity index (χ0n) is 6.79. The molecule has 1 aromatic heterocycles. The van der Waals surface area contributed by atoms with Gasteiger partial charge in [-0.3, -0.25) is 0 Å². The summed E-state index contributed by atoms with van der Waals surface area (Å²) in [6.45, 7) is 0.237. The number of nitrogens with two attached hydrogens (primary N) is 1. The van der Waals surface area contributed by atoms with Crippen LogP contribution in [0.1, 0.15) is 24.2 Å². The largest absolute Gasteiger partial charge is 0.384 e. The molecule has 0 aromatic carbocycles. The molecule has 66 valence electrons. The van der Waals surface area contributed by atoms with E-state index >= 15 is 0 Å². The molecule has 4 nitrogen and oxygen atoms in total. The van der Waals surface area contributed by atoms with E-state index in [1.807, 2.05) is 0 Å². The molecule has 2 rings (SSSR count). The fourth-order valence-electron chi connectivity index (χ4n) is 1.71. The lowest BCUT2D eigenvalue weighted by molar-refractivity contribution is 0.0255. The minimum Gasteiger partial charge on any atom is -0.384 e. The van der Waals surface area contributed by atoms with Crippen molar-refractivity contribution >= 4 is 0 Å². The molecule has 0 saturated carbocycles. The van der Waals surface area contributed by atoms with Gasteiger partial charge in [-0.2, -0.15) is 0 Å². The third-order valence-electron chi connectivity index (χ3n) is 2.48. The van der Waals surface area contributed by atoms with Gasteiger partial charge in [-0.15, -0.1) is 0 Å². The number of aromatic nitrogens is 1. The molecule has 1 unspecified atom stereocenters. The molecule has 0 saturated heterocycles. The van der Waals surface area contributed by atoms with Gasteiger partial charge < -0.3 is 15.4 Å². The number of hydrogen-bond acceptors (Lipinski definition) is 4. The first-order chi connectivity index (χ1) is 5.76. The quantitative estimate of drug-likeness (QED) is 0.626. The number of aliphatic hydroxyl groups is 1. The molecule has 1 aromatic rings. The summed E-state index contributed by atoms with van der Waals surface area (Å²) >= 11 is 0. The van der Waals surface area contributed by atoms with Crippen LogP contribution in [0, 0.1) is 0 Å². The van der Waals surface area contributed by atoms with E-state index in [0.717, 1.165) is 24.2 Å². The normalized spacial score (nSPS) is 28.5. The zero-order valence-corrected chi connectivity index (χ0v) is 6.79. The second-order valence-corrected chi connectivity index (χ2v) is 3.25. The van der Waals surface area contributed by atoms with E-state index in [1.54, 1.807) is 6.20 Å². The number of aryl methyl sites for hydroxylation is 1. The fraction of sp³-hybridized carbons (Fsp3) is 0.625. The molecule has 1 aliphatic carbocycles. The molecular weight excluding hydrogens is 156 g/mol. The van der Waals surface area contributed by atoms with E-state index in [-0.39, 0.29) is 6.54 Å². The van der Waals surface area contributed by atoms with Gasteiger partial charge in [0.1, 0.15) is 11.4 Å². The first-order valence-electron chi connectivity index (χ1n) is 4.13. The maximum Gasteiger partial charge on any atom is 0.142 e. The Labute approximate surface area is 70.3 Å². The molecule has 0 radical (unpaired) electrons. The molecule has 0 fully saturated rings. The summed E-state index contributed by atoms with van der Waals surface area (Å²) in [5.74, 6) is 0.786. The molecule has 0 bridgehead atoms. The highest BCUT2D eigenvalue weighted by Crippen LogP contribution is 2.33. The van der Waals surface area contributed by atoms with Gasteiger partial charge in [0.15, 0.2) is 0 Å². The van der Waals surface area contributed by atoms with Crippen molar-refractivity contribution in [3.63, 3.8) is 0 Å². The van der Waals surface area contributed by atoms with E-state index in [4.69, 9.17) is 10.3 Å². The van der Waals surface area contributed by atoms with Crippen LogP contribution in [0.2, 0.25) is 0 Å². The van der Waals surface area contributed by atoms with Crippen LogP contribution in [-0.4, -0.2) is 16.8 Å². The number of hydrogen-bond donors (Lipinski definition) is 2. The van der Waals surface area contributed by atoms with E-state index in [0.29, 0.717) is 6.42 Å². The average molecular weight is 168 g/mol. The van der Waals surface area contributed by atoms with Crippen molar-refractivity contribution in [1.82, 2.24) is 5.16 Å². The van der Waals surface area contributed by atoms with Crippen LogP contribution in [0.4, 0.5) is 0 Å². The zero-order chi connectivity index (χ0) is 8.60. The van der Waals surface area contributed by atoms with Crippen molar-refractivity contribution in [2.24, 2.45) is 5.73 Å². The monoisotopic (exact) mass is 168 g/mol. The summed E-state index contributed by atoms with van der Waals surface area (Å²) in [5.41, 5.74) is 5.37. The molecule has 0 spiro atoms. The Balaban J connectivity index is 2.44. The SMILES string of the molecule is NCC1(O)CCCc2oncc21. The summed E-state index contributed by atoms with van der Waals surface area (Å²) in [5, 5.41) is 13.7. The first kappa shape index (κ1) is 7.76. The van der Waals surface area contributed by atoms with Crippen molar-refractivity contribution in [2.45, 2.75) is 24.9 Å². The summed E-state index contributed by atoms with van der Waals surface area (Å²) in [6, 6.07) is 0. The van der Waals surface area contributed by atoms with E-state index in [9.17, 15) is 5.11 Å². The van der Waals surface area contributed by atoms with Gasteiger partial charge in [0.05, 0.1) is 6.20 Å². The van der Waals surface area contributed by atoms with Gasteiger partial charge in [0, 0.05) is 18.5 Å². The summed E-state index contributed by atoms with van der Waals surface area (Å²) in [7, 11) is 0. The second-order valence-electron chi connectivity index (χ2n) is 3.25. The van der Waals surface area contributed by atoms with Gasteiger partial charge >= 0.3 is 0 Å². The third kappa shape index (κ3) is 0.956. The van der Waals surface area contributed by atoms with Crippen molar-refractivity contribution in [3.8, 4) is 0 Å². The summed E-state index contributed by atoms with van der Waals surface area (Å²) < 4.78 is 4.99. The lowest BCUT2D eigenvalue weighted by Crippen LogP contribution is -2.37. The lowest BCUT2D eigenvalue weighted by Gasteiger charge is -2.29. The maximum atomic E-state index is 10.00.